The van der Waals surface area contributed by atoms with Crippen molar-refractivity contribution in [3.63, 3.8) is 0 Å². The van der Waals surface area contributed by atoms with Gasteiger partial charge in [0.15, 0.2) is 0 Å². The van der Waals surface area contributed by atoms with Crippen molar-refractivity contribution in [1.29, 1.82) is 0 Å². The fourth-order valence-corrected chi connectivity index (χ4v) is 4.25. The standard InChI is InChI=1S/C17H21BrN2O3/c18-12-1-2-15-13(9-12)14(5-8-22-15)19-17(21)23-16-10-20-6-3-11(16)4-7-20/h1-2,9,11,14,16H,3-8,10H2,(H,19,21)/t14?,16-/m0/s1. The summed E-state index contributed by atoms with van der Waals surface area (Å²) in [4.78, 5) is 14.7. The second-order valence-electron chi connectivity index (χ2n) is 6.60. The van der Waals surface area contributed by atoms with Crippen LogP contribution < -0.4 is 10.1 Å². The molecule has 0 aliphatic carbocycles. The Morgan fingerprint density at radius 3 is 2.87 bits per heavy atom. The number of alkyl carbamates (subject to hydrolysis) is 1. The largest absolute Gasteiger partial charge is 0.493 e. The molecule has 1 aromatic carbocycles. The van der Waals surface area contributed by atoms with Crippen LogP contribution in [0.25, 0.3) is 0 Å². The van der Waals surface area contributed by atoms with Crippen LogP contribution in [-0.2, 0) is 4.74 Å². The third-order valence-corrected chi connectivity index (χ3v) is 5.65. The van der Waals surface area contributed by atoms with E-state index in [0.29, 0.717) is 12.5 Å². The number of hydrogen-bond donors (Lipinski definition) is 1. The highest BCUT2D eigenvalue weighted by Crippen LogP contribution is 2.34. The SMILES string of the molecule is O=C(NC1CCOc2ccc(Br)cc21)O[C@H]1CN2CCC1CC2. The van der Waals surface area contributed by atoms with Crippen molar-refractivity contribution >= 4 is 22.0 Å². The van der Waals surface area contributed by atoms with E-state index in [1.807, 2.05) is 18.2 Å². The van der Waals surface area contributed by atoms with E-state index in [-0.39, 0.29) is 18.2 Å². The van der Waals surface area contributed by atoms with Gasteiger partial charge in [-0.15, -0.1) is 0 Å². The van der Waals surface area contributed by atoms with E-state index in [1.165, 1.54) is 0 Å². The first-order valence-corrected chi connectivity index (χ1v) is 9.10. The van der Waals surface area contributed by atoms with Crippen molar-refractivity contribution < 1.29 is 14.3 Å². The number of fused-ring (bicyclic) bond motifs is 4. The molecule has 5 nitrogen and oxygen atoms in total. The zero-order valence-electron chi connectivity index (χ0n) is 13.0. The number of benzene rings is 1. The number of carbonyl (C=O) groups is 1. The monoisotopic (exact) mass is 380 g/mol. The fourth-order valence-electron chi connectivity index (χ4n) is 3.87. The Balaban J connectivity index is 1.41. The van der Waals surface area contributed by atoms with Gasteiger partial charge in [0, 0.05) is 23.0 Å². The number of piperidine rings is 3. The average molecular weight is 381 g/mol. The summed E-state index contributed by atoms with van der Waals surface area (Å²) in [6.07, 6.45) is 2.79. The summed E-state index contributed by atoms with van der Waals surface area (Å²) in [7, 11) is 0. The number of ether oxygens (including phenoxy) is 2. The van der Waals surface area contributed by atoms with E-state index in [1.54, 1.807) is 0 Å². The molecule has 0 radical (unpaired) electrons. The smallest absolute Gasteiger partial charge is 0.407 e. The number of hydrogen-bond acceptors (Lipinski definition) is 4. The quantitative estimate of drug-likeness (QED) is 0.856. The zero-order chi connectivity index (χ0) is 15.8. The lowest BCUT2D eigenvalue weighted by atomic mass is 9.86. The van der Waals surface area contributed by atoms with Gasteiger partial charge in [-0.05, 0) is 50.0 Å². The molecule has 2 atom stereocenters. The van der Waals surface area contributed by atoms with Crippen LogP contribution in [0.3, 0.4) is 0 Å². The molecule has 5 rings (SSSR count). The van der Waals surface area contributed by atoms with Crippen LogP contribution >= 0.6 is 15.9 Å². The molecule has 1 aromatic rings. The summed E-state index contributed by atoms with van der Waals surface area (Å²) in [5.41, 5.74) is 1.01. The highest BCUT2D eigenvalue weighted by molar-refractivity contribution is 9.10. The predicted octanol–water partition coefficient (Wildman–Crippen LogP) is 3.09. The number of nitrogens with zero attached hydrogens (tertiary/aromatic N) is 1. The summed E-state index contributed by atoms with van der Waals surface area (Å²) < 4.78 is 12.4. The van der Waals surface area contributed by atoms with Gasteiger partial charge in [-0.25, -0.2) is 4.79 Å². The van der Waals surface area contributed by atoms with Gasteiger partial charge in [-0.3, -0.25) is 4.90 Å². The molecule has 3 saturated heterocycles. The Kier molecular flexibility index (Phi) is 4.20. The number of carbonyl (C=O) groups excluding carboxylic acids is 1. The highest BCUT2D eigenvalue weighted by Gasteiger charge is 2.37. The molecule has 2 bridgehead atoms. The van der Waals surface area contributed by atoms with Gasteiger partial charge in [-0.1, -0.05) is 15.9 Å². The van der Waals surface area contributed by atoms with E-state index in [9.17, 15) is 4.79 Å². The summed E-state index contributed by atoms with van der Waals surface area (Å²) >= 11 is 3.48. The van der Waals surface area contributed by atoms with E-state index >= 15 is 0 Å². The molecule has 1 unspecified atom stereocenters. The van der Waals surface area contributed by atoms with Crippen LogP contribution in [0.15, 0.2) is 22.7 Å². The Hall–Kier alpha value is -1.27. The Labute approximate surface area is 144 Å². The molecule has 124 valence electrons. The molecular formula is C17H21BrN2O3. The van der Waals surface area contributed by atoms with E-state index in [2.05, 4.69) is 26.1 Å². The molecule has 3 fully saturated rings. The number of halogens is 1. The molecule has 4 aliphatic heterocycles. The third-order valence-electron chi connectivity index (χ3n) is 5.16. The van der Waals surface area contributed by atoms with Gasteiger partial charge in [0.05, 0.1) is 12.6 Å². The maximum absolute atomic E-state index is 12.3. The van der Waals surface area contributed by atoms with E-state index in [4.69, 9.17) is 9.47 Å². The van der Waals surface area contributed by atoms with Crippen molar-refractivity contribution in [1.82, 2.24) is 10.2 Å². The molecule has 0 spiro atoms. The minimum Gasteiger partial charge on any atom is -0.493 e. The maximum atomic E-state index is 12.3. The molecule has 6 heteroatoms. The topological polar surface area (TPSA) is 50.8 Å². The first-order valence-electron chi connectivity index (χ1n) is 8.31. The average Bonchev–Trinajstić information content (AvgIpc) is 2.56. The molecule has 0 saturated carbocycles. The third kappa shape index (κ3) is 3.19. The zero-order valence-corrected chi connectivity index (χ0v) is 14.5. The Morgan fingerprint density at radius 2 is 2.13 bits per heavy atom. The summed E-state index contributed by atoms with van der Waals surface area (Å²) in [5, 5.41) is 3.03. The summed E-state index contributed by atoms with van der Waals surface area (Å²) in [6.45, 7) is 3.79. The lowest BCUT2D eigenvalue weighted by molar-refractivity contribution is -0.0342. The second-order valence-corrected chi connectivity index (χ2v) is 7.51. The van der Waals surface area contributed by atoms with Crippen LogP contribution in [0.2, 0.25) is 0 Å². The molecule has 23 heavy (non-hydrogen) atoms. The normalized spacial score (nSPS) is 31.9. The molecule has 1 amide bonds. The van der Waals surface area contributed by atoms with Crippen LogP contribution in [0.1, 0.15) is 30.9 Å². The van der Waals surface area contributed by atoms with Crippen LogP contribution in [0.4, 0.5) is 4.79 Å². The highest BCUT2D eigenvalue weighted by atomic mass is 79.9. The predicted molar refractivity (Wildman–Crippen MR) is 89.6 cm³/mol. The maximum Gasteiger partial charge on any atom is 0.407 e. The minimum atomic E-state index is -0.304. The van der Waals surface area contributed by atoms with E-state index in [0.717, 1.165) is 54.7 Å². The van der Waals surface area contributed by atoms with E-state index < -0.39 is 0 Å². The Morgan fingerprint density at radius 1 is 1.30 bits per heavy atom. The van der Waals surface area contributed by atoms with Crippen molar-refractivity contribution in [2.24, 2.45) is 5.92 Å². The number of amides is 1. The fraction of sp³-hybridized carbons (Fsp3) is 0.588. The van der Waals surface area contributed by atoms with Crippen molar-refractivity contribution in [3.05, 3.63) is 28.2 Å². The van der Waals surface area contributed by atoms with Gasteiger partial charge < -0.3 is 14.8 Å². The van der Waals surface area contributed by atoms with Gasteiger partial charge in [0.1, 0.15) is 11.9 Å². The number of nitrogens with one attached hydrogen (secondary N) is 1. The first-order chi connectivity index (χ1) is 11.2. The minimum absolute atomic E-state index is 0.0410. The lowest BCUT2D eigenvalue weighted by Gasteiger charge is -2.44. The van der Waals surface area contributed by atoms with Gasteiger partial charge in [-0.2, -0.15) is 0 Å². The van der Waals surface area contributed by atoms with Crippen LogP contribution in [0.5, 0.6) is 5.75 Å². The van der Waals surface area contributed by atoms with Crippen molar-refractivity contribution in [3.8, 4) is 5.75 Å². The van der Waals surface area contributed by atoms with Gasteiger partial charge in [0.2, 0.25) is 0 Å². The molecule has 0 aromatic heterocycles. The lowest BCUT2D eigenvalue weighted by Crippen LogP contribution is -2.52. The molecule has 1 N–H and O–H groups in total. The van der Waals surface area contributed by atoms with Gasteiger partial charge in [0.25, 0.3) is 0 Å². The summed E-state index contributed by atoms with van der Waals surface area (Å²) in [6, 6.07) is 5.84. The summed E-state index contributed by atoms with van der Waals surface area (Å²) in [5.74, 6) is 1.37. The van der Waals surface area contributed by atoms with Crippen molar-refractivity contribution in [2.75, 3.05) is 26.2 Å². The van der Waals surface area contributed by atoms with Crippen molar-refractivity contribution in [2.45, 2.75) is 31.4 Å². The van der Waals surface area contributed by atoms with Crippen LogP contribution in [-0.4, -0.2) is 43.3 Å². The Bertz CT molecular complexity index is 602. The van der Waals surface area contributed by atoms with Crippen LogP contribution in [0, 0.1) is 5.92 Å². The molecule has 4 aliphatic rings. The molecule has 4 heterocycles. The molecular weight excluding hydrogens is 360 g/mol. The second kappa shape index (κ2) is 6.32. The first kappa shape index (κ1) is 15.3. The number of rotatable bonds is 2. The van der Waals surface area contributed by atoms with Gasteiger partial charge >= 0.3 is 6.09 Å².